The second kappa shape index (κ2) is 4.45. The van der Waals surface area contributed by atoms with Crippen LogP contribution in [0.4, 0.5) is 5.69 Å². The zero-order valence-electron chi connectivity index (χ0n) is 9.99. The number of carbonyl (C=O) groups is 1. The SMILES string of the molecule is CCc1occc1C(=O)c1ccc(N)c(C)c1. The highest BCUT2D eigenvalue weighted by Gasteiger charge is 2.15. The number of aryl methyl sites for hydroxylation is 2. The predicted octanol–water partition coefficient (Wildman–Crippen LogP) is 2.96. The first kappa shape index (κ1) is 11.5. The Kier molecular flexibility index (Phi) is 3.00. The summed E-state index contributed by atoms with van der Waals surface area (Å²) in [6, 6.07) is 7.03. The summed E-state index contributed by atoms with van der Waals surface area (Å²) in [4.78, 5) is 12.2. The van der Waals surface area contributed by atoms with E-state index in [1.807, 2.05) is 19.9 Å². The maximum atomic E-state index is 12.2. The summed E-state index contributed by atoms with van der Waals surface area (Å²) < 4.78 is 5.26. The molecule has 0 radical (unpaired) electrons. The molecule has 0 aliphatic heterocycles. The first-order chi connectivity index (χ1) is 8.13. The van der Waals surface area contributed by atoms with Crippen molar-refractivity contribution in [3.63, 3.8) is 0 Å². The fourth-order valence-electron chi connectivity index (χ4n) is 1.79. The fraction of sp³-hybridized carbons (Fsp3) is 0.214. The Morgan fingerprint density at radius 2 is 2.12 bits per heavy atom. The topological polar surface area (TPSA) is 56.2 Å². The number of furan rings is 1. The van der Waals surface area contributed by atoms with Crippen LogP contribution in [-0.2, 0) is 6.42 Å². The number of ketones is 1. The van der Waals surface area contributed by atoms with E-state index < -0.39 is 0 Å². The summed E-state index contributed by atoms with van der Waals surface area (Å²) in [6.07, 6.45) is 2.26. The normalized spacial score (nSPS) is 10.5. The minimum atomic E-state index is -0.0151. The molecule has 2 rings (SSSR count). The summed E-state index contributed by atoms with van der Waals surface area (Å²) in [5, 5.41) is 0. The molecule has 2 aromatic rings. The van der Waals surface area contributed by atoms with Gasteiger partial charge >= 0.3 is 0 Å². The van der Waals surface area contributed by atoms with E-state index in [0.29, 0.717) is 23.2 Å². The third-order valence-corrected chi connectivity index (χ3v) is 2.84. The lowest BCUT2D eigenvalue weighted by atomic mass is 10.0. The monoisotopic (exact) mass is 229 g/mol. The Bertz CT molecular complexity index is 555. The van der Waals surface area contributed by atoms with Crippen LogP contribution in [0, 0.1) is 6.92 Å². The zero-order chi connectivity index (χ0) is 12.4. The van der Waals surface area contributed by atoms with Gasteiger partial charge in [-0.15, -0.1) is 0 Å². The summed E-state index contributed by atoms with van der Waals surface area (Å²) in [7, 11) is 0. The van der Waals surface area contributed by atoms with Crippen LogP contribution in [0.2, 0.25) is 0 Å². The highest BCUT2D eigenvalue weighted by atomic mass is 16.3. The van der Waals surface area contributed by atoms with Crippen LogP contribution in [0.5, 0.6) is 0 Å². The van der Waals surface area contributed by atoms with Crippen molar-refractivity contribution in [2.24, 2.45) is 0 Å². The van der Waals surface area contributed by atoms with Gasteiger partial charge in [0, 0.05) is 17.7 Å². The lowest BCUT2D eigenvalue weighted by molar-refractivity contribution is 0.103. The standard InChI is InChI=1S/C14H15NO2/c1-3-13-11(6-7-17-13)14(16)10-4-5-12(15)9(2)8-10/h4-8H,3,15H2,1-2H3. The van der Waals surface area contributed by atoms with Crippen molar-refractivity contribution in [2.45, 2.75) is 20.3 Å². The van der Waals surface area contributed by atoms with Gasteiger partial charge in [0.2, 0.25) is 0 Å². The summed E-state index contributed by atoms with van der Waals surface area (Å²) in [5.41, 5.74) is 8.63. The van der Waals surface area contributed by atoms with Crippen molar-refractivity contribution in [1.82, 2.24) is 0 Å². The smallest absolute Gasteiger partial charge is 0.196 e. The van der Waals surface area contributed by atoms with E-state index >= 15 is 0 Å². The fourth-order valence-corrected chi connectivity index (χ4v) is 1.79. The van der Waals surface area contributed by atoms with Crippen LogP contribution in [-0.4, -0.2) is 5.78 Å². The largest absolute Gasteiger partial charge is 0.469 e. The first-order valence-electron chi connectivity index (χ1n) is 5.60. The van der Waals surface area contributed by atoms with E-state index in [2.05, 4.69) is 0 Å². The van der Waals surface area contributed by atoms with E-state index in [-0.39, 0.29) is 5.78 Å². The van der Waals surface area contributed by atoms with Crippen LogP contribution >= 0.6 is 0 Å². The number of hydrogen-bond acceptors (Lipinski definition) is 3. The molecule has 1 aromatic carbocycles. The molecule has 17 heavy (non-hydrogen) atoms. The number of anilines is 1. The molecule has 3 nitrogen and oxygen atoms in total. The summed E-state index contributed by atoms with van der Waals surface area (Å²) >= 11 is 0. The van der Waals surface area contributed by atoms with E-state index in [0.717, 1.165) is 11.3 Å². The van der Waals surface area contributed by atoms with Gasteiger partial charge in [0.25, 0.3) is 0 Å². The molecule has 0 atom stereocenters. The predicted molar refractivity (Wildman–Crippen MR) is 67.1 cm³/mol. The van der Waals surface area contributed by atoms with Gasteiger partial charge in [0.15, 0.2) is 5.78 Å². The molecule has 0 amide bonds. The molecule has 0 spiro atoms. The minimum Gasteiger partial charge on any atom is -0.469 e. The van der Waals surface area contributed by atoms with Gasteiger partial charge in [0.1, 0.15) is 5.76 Å². The van der Waals surface area contributed by atoms with E-state index in [1.54, 1.807) is 24.5 Å². The highest BCUT2D eigenvalue weighted by Crippen LogP contribution is 2.19. The first-order valence-corrected chi connectivity index (χ1v) is 5.60. The van der Waals surface area contributed by atoms with Crippen molar-refractivity contribution in [1.29, 1.82) is 0 Å². The number of nitrogens with two attached hydrogens (primary N) is 1. The molecule has 0 fully saturated rings. The van der Waals surface area contributed by atoms with Gasteiger partial charge in [0.05, 0.1) is 11.8 Å². The lowest BCUT2D eigenvalue weighted by Gasteiger charge is -2.04. The number of rotatable bonds is 3. The van der Waals surface area contributed by atoms with Gasteiger partial charge in [-0.25, -0.2) is 0 Å². The quantitative estimate of drug-likeness (QED) is 0.650. The third-order valence-electron chi connectivity index (χ3n) is 2.84. The molecule has 0 aliphatic carbocycles. The lowest BCUT2D eigenvalue weighted by Crippen LogP contribution is -2.04. The van der Waals surface area contributed by atoms with Gasteiger partial charge in [-0.1, -0.05) is 6.92 Å². The van der Waals surface area contributed by atoms with Crippen LogP contribution in [0.15, 0.2) is 34.9 Å². The van der Waals surface area contributed by atoms with Gasteiger partial charge in [-0.2, -0.15) is 0 Å². The molecule has 2 N–H and O–H groups in total. The average Bonchev–Trinajstić information content (AvgIpc) is 2.80. The van der Waals surface area contributed by atoms with Crippen molar-refractivity contribution >= 4 is 11.5 Å². The number of hydrogen-bond donors (Lipinski definition) is 1. The van der Waals surface area contributed by atoms with Crippen molar-refractivity contribution < 1.29 is 9.21 Å². The molecule has 88 valence electrons. The van der Waals surface area contributed by atoms with Crippen LogP contribution < -0.4 is 5.73 Å². The number of nitrogen functional groups attached to an aromatic ring is 1. The summed E-state index contributed by atoms with van der Waals surface area (Å²) in [6.45, 7) is 3.85. The molecule has 3 heteroatoms. The van der Waals surface area contributed by atoms with Gasteiger partial charge in [-0.05, 0) is 36.8 Å². The summed E-state index contributed by atoms with van der Waals surface area (Å²) in [5.74, 6) is 0.711. The zero-order valence-corrected chi connectivity index (χ0v) is 9.99. The van der Waals surface area contributed by atoms with Gasteiger partial charge in [-0.3, -0.25) is 4.79 Å². The Labute approximate surface area is 100 Å². The van der Waals surface area contributed by atoms with Crippen molar-refractivity contribution in [3.8, 4) is 0 Å². The van der Waals surface area contributed by atoms with Crippen molar-refractivity contribution in [3.05, 3.63) is 53.0 Å². The molecular weight excluding hydrogens is 214 g/mol. The molecule has 1 heterocycles. The molecule has 0 bridgehead atoms. The average molecular weight is 229 g/mol. The van der Waals surface area contributed by atoms with E-state index in [1.165, 1.54) is 0 Å². The molecule has 0 aliphatic rings. The molecule has 1 aromatic heterocycles. The number of carbonyl (C=O) groups excluding carboxylic acids is 1. The highest BCUT2D eigenvalue weighted by molar-refractivity contribution is 6.09. The van der Waals surface area contributed by atoms with E-state index in [9.17, 15) is 4.79 Å². The van der Waals surface area contributed by atoms with Gasteiger partial charge < -0.3 is 10.2 Å². The molecule has 0 unspecified atom stereocenters. The second-order valence-corrected chi connectivity index (χ2v) is 4.01. The minimum absolute atomic E-state index is 0.0151. The van der Waals surface area contributed by atoms with Crippen LogP contribution in [0.3, 0.4) is 0 Å². The van der Waals surface area contributed by atoms with Crippen LogP contribution in [0.1, 0.15) is 34.2 Å². The maximum absolute atomic E-state index is 12.2. The number of benzene rings is 1. The maximum Gasteiger partial charge on any atom is 0.196 e. The van der Waals surface area contributed by atoms with E-state index in [4.69, 9.17) is 10.2 Å². The molecule has 0 saturated carbocycles. The Balaban J connectivity index is 2.40. The van der Waals surface area contributed by atoms with Crippen LogP contribution in [0.25, 0.3) is 0 Å². The Hall–Kier alpha value is -2.03. The molecular formula is C14H15NO2. The third kappa shape index (κ3) is 2.09. The van der Waals surface area contributed by atoms with Crippen molar-refractivity contribution in [2.75, 3.05) is 5.73 Å². The Morgan fingerprint density at radius 3 is 2.76 bits per heavy atom. The second-order valence-electron chi connectivity index (χ2n) is 4.01. The Morgan fingerprint density at radius 1 is 1.35 bits per heavy atom. The molecule has 0 saturated heterocycles.